The summed E-state index contributed by atoms with van der Waals surface area (Å²) in [5.41, 5.74) is 2.06. The molecule has 4 atom stereocenters. The fraction of sp³-hybridized carbons (Fsp3) is 0.632. The van der Waals surface area contributed by atoms with Gasteiger partial charge in [0.1, 0.15) is 5.75 Å². The molecule has 1 saturated heterocycles. The summed E-state index contributed by atoms with van der Waals surface area (Å²) >= 11 is 0. The highest BCUT2D eigenvalue weighted by molar-refractivity contribution is 5.81. The lowest BCUT2D eigenvalue weighted by Crippen LogP contribution is -2.45. The minimum absolute atomic E-state index is 0.0330. The second-order valence-electron chi connectivity index (χ2n) is 7.77. The molecule has 0 bridgehead atoms. The highest BCUT2D eigenvalue weighted by atomic mass is 16.6. The highest BCUT2D eigenvalue weighted by Gasteiger charge is 2.63. The first-order valence-corrected chi connectivity index (χ1v) is 9.07. The molecule has 2 fully saturated rings. The molecular formula is C19H24N2O4. The standard InChI is InChI=1S/C19H24N2O4/c1-12-10-19-16-6-5-14(25-2)8-13(16)4-3-7-20(19)18(22)9-17(19)15(12)11-21(23)24/h5-6,8,12,15,17H,3-4,7,9-11H2,1-2H3/t12-,15+,17?,19?/m0/s1. The topological polar surface area (TPSA) is 72.7 Å². The maximum absolute atomic E-state index is 12.8. The van der Waals surface area contributed by atoms with E-state index >= 15 is 0 Å². The molecule has 25 heavy (non-hydrogen) atoms. The number of nitro groups is 1. The van der Waals surface area contributed by atoms with E-state index in [1.165, 1.54) is 11.1 Å². The zero-order valence-corrected chi connectivity index (χ0v) is 14.7. The SMILES string of the molecule is COc1ccc2c(c1)CCCN1C(=O)CC3[C@H](C[N+](=O)[O-])[C@@H](C)CC231. The second-order valence-corrected chi connectivity index (χ2v) is 7.77. The van der Waals surface area contributed by atoms with E-state index in [9.17, 15) is 14.9 Å². The Balaban J connectivity index is 1.86. The molecule has 134 valence electrons. The Hall–Kier alpha value is -2.11. The number of fused-ring (bicyclic) bond motifs is 1. The summed E-state index contributed by atoms with van der Waals surface area (Å²) in [6.45, 7) is 2.81. The minimum Gasteiger partial charge on any atom is -0.497 e. The van der Waals surface area contributed by atoms with Gasteiger partial charge >= 0.3 is 0 Å². The number of ether oxygens (including phenoxy) is 1. The van der Waals surface area contributed by atoms with Crippen LogP contribution in [0, 0.1) is 27.9 Å². The fourth-order valence-electron chi connectivity index (χ4n) is 5.71. The summed E-state index contributed by atoms with van der Waals surface area (Å²) in [5.74, 6) is 1.22. The van der Waals surface area contributed by atoms with Crippen LogP contribution in [0.25, 0.3) is 0 Å². The lowest BCUT2D eigenvalue weighted by Gasteiger charge is -2.39. The van der Waals surface area contributed by atoms with Crippen molar-refractivity contribution in [3.8, 4) is 5.75 Å². The Labute approximate surface area is 147 Å². The zero-order chi connectivity index (χ0) is 17.8. The van der Waals surface area contributed by atoms with E-state index in [1.807, 2.05) is 11.0 Å². The third kappa shape index (κ3) is 2.26. The zero-order valence-electron chi connectivity index (χ0n) is 14.7. The lowest BCUT2D eigenvalue weighted by molar-refractivity contribution is -0.491. The molecule has 0 aromatic heterocycles. The molecule has 1 amide bonds. The minimum atomic E-state index is -0.366. The maximum atomic E-state index is 12.8. The molecule has 3 aliphatic rings. The Kier molecular flexibility index (Phi) is 3.74. The molecule has 2 unspecified atom stereocenters. The molecular weight excluding hydrogens is 320 g/mol. The predicted octanol–water partition coefficient (Wildman–Crippen LogP) is 2.62. The van der Waals surface area contributed by atoms with Crippen molar-refractivity contribution in [2.75, 3.05) is 20.2 Å². The molecule has 4 rings (SSSR count). The van der Waals surface area contributed by atoms with Crippen molar-refractivity contribution >= 4 is 5.91 Å². The summed E-state index contributed by atoms with van der Waals surface area (Å²) in [6, 6.07) is 6.14. The maximum Gasteiger partial charge on any atom is 0.223 e. The lowest BCUT2D eigenvalue weighted by atomic mass is 9.76. The van der Waals surface area contributed by atoms with Crippen molar-refractivity contribution in [3.63, 3.8) is 0 Å². The number of benzene rings is 1. The Morgan fingerprint density at radius 2 is 2.24 bits per heavy atom. The normalized spacial score (nSPS) is 33.4. The predicted molar refractivity (Wildman–Crippen MR) is 91.9 cm³/mol. The van der Waals surface area contributed by atoms with Gasteiger partial charge in [-0.1, -0.05) is 13.0 Å². The van der Waals surface area contributed by atoms with Gasteiger partial charge in [-0.05, 0) is 48.4 Å². The molecule has 2 aliphatic heterocycles. The van der Waals surface area contributed by atoms with Crippen LogP contribution < -0.4 is 4.74 Å². The van der Waals surface area contributed by atoms with Gasteiger partial charge in [0.25, 0.3) is 0 Å². The first-order chi connectivity index (χ1) is 12.0. The van der Waals surface area contributed by atoms with E-state index in [0.29, 0.717) is 6.42 Å². The Bertz CT molecular complexity index is 734. The average molecular weight is 344 g/mol. The molecule has 1 spiro atoms. The number of nitrogens with zero attached hydrogens (tertiary/aromatic N) is 2. The third-order valence-electron chi connectivity index (χ3n) is 6.64. The molecule has 1 aliphatic carbocycles. The van der Waals surface area contributed by atoms with Crippen LogP contribution in [0.5, 0.6) is 5.75 Å². The summed E-state index contributed by atoms with van der Waals surface area (Å²) < 4.78 is 5.39. The number of carbonyl (C=O) groups excluding carboxylic acids is 1. The van der Waals surface area contributed by atoms with Crippen LogP contribution in [0.2, 0.25) is 0 Å². The van der Waals surface area contributed by atoms with Crippen molar-refractivity contribution in [1.29, 1.82) is 0 Å². The van der Waals surface area contributed by atoms with Crippen LogP contribution in [-0.2, 0) is 16.8 Å². The second kappa shape index (κ2) is 5.71. The van der Waals surface area contributed by atoms with Gasteiger partial charge in [0.05, 0.1) is 12.6 Å². The molecule has 6 nitrogen and oxygen atoms in total. The van der Waals surface area contributed by atoms with Gasteiger partial charge in [0.15, 0.2) is 0 Å². The van der Waals surface area contributed by atoms with Crippen LogP contribution in [0.3, 0.4) is 0 Å². The third-order valence-corrected chi connectivity index (χ3v) is 6.64. The summed E-state index contributed by atoms with van der Waals surface area (Å²) in [6.07, 6.45) is 3.10. The number of rotatable bonds is 3. The van der Waals surface area contributed by atoms with Gasteiger partial charge in [-0.2, -0.15) is 0 Å². The van der Waals surface area contributed by atoms with Crippen molar-refractivity contribution in [1.82, 2.24) is 4.90 Å². The Morgan fingerprint density at radius 3 is 2.96 bits per heavy atom. The average Bonchev–Trinajstić information content (AvgIpc) is 2.91. The fourth-order valence-corrected chi connectivity index (χ4v) is 5.71. The summed E-state index contributed by atoms with van der Waals surface area (Å²) in [5, 5.41) is 11.2. The number of hydrogen-bond donors (Lipinski definition) is 0. The number of amides is 1. The van der Waals surface area contributed by atoms with E-state index in [1.54, 1.807) is 7.11 Å². The van der Waals surface area contributed by atoms with Crippen LogP contribution in [0.4, 0.5) is 0 Å². The van der Waals surface area contributed by atoms with Gasteiger partial charge in [-0.15, -0.1) is 0 Å². The van der Waals surface area contributed by atoms with E-state index < -0.39 is 0 Å². The van der Waals surface area contributed by atoms with Gasteiger partial charge in [0.2, 0.25) is 12.5 Å². The number of carbonyl (C=O) groups is 1. The van der Waals surface area contributed by atoms with Gasteiger partial charge < -0.3 is 9.64 Å². The van der Waals surface area contributed by atoms with Crippen LogP contribution in [-0.4, -0.2) is 35.9 Å². The van der Waals surface area contributed by atoms with Crippen LogP contribution in [0.1, 0.15) is 37.3 Å². The highest BCUT2D eigenvalue weighted by Crippen LogP contribution is 2.60. The number of methoxy groups -OCH3 is 1. The van der Waals surface area contributed by atoms with E-state index in [4.69, 9.17) is 4.74 Å². The van der Waals surface area contributed by atoms with Gasteiger partial charge in [-0.25, -0.2) is 0 Å². The van der Waals surface area contributed by atoms with Crippen molar-refractivity contribution < 1.29 is 14.5 Å². The summed E-state index contributed by atoms with van der Waals surface area (Å²) in [7, 11) is 1.66. The van der Waals surface area contributed by atoms with E-state index in [0.717, 1.165) is 31.6 Å². The van der Waals surface area contributed by atoms with Gasteiger partial charge in [0, 0.05) is 29.7 Å². The van der Waals surface area contributed by atoms with Crippen molar-refractivity contribution in [3.05, 3.63) is 39.4 Å². The molecule has 0 radical (unpaired) electrons. The van der Waals surface area contributed by atoms with Crippen molar-refractivity contribution in [2.45, 2.75) is 38.1 Å². The first kappa shape index (κ1) is 16.4. The quantitative estimate of drug-likeness (QED) is 0.624. The molecule has 1 aromatic carbocycles. The molecule has 6 heteroatoms. The largest absolute Gasteiger partial charge is 0.497 e. The monoisotopic (exact) mass is 344 g/mol. The molecule has 1 aromatic rings. The first-order valence-electron chi connectivity index (χ1n) is 9.07. The van der Waals surface area contributed by atoms with Gasteiger partial charge in [-0.3, -0.25) is 14.9 Å². The number of hydrogen-bond acceptors (Lipinski definition) is 4. The molecule has 2 heterocycles. The van der Waals surface area contributed by atoms with Crippen molar-refractivity contribution in [2.24, 2.45) is 17.8 Å². The summed E-state index contributed by atoms with van der Waals surface area (Å²) in [4.78, 5) is 25.8. The van der Waals surface area contributed by atoms with Crippen LogP contribution >= 0.6 is 0 Å². The Morgan fingerprint density at radius 1 is 1.44 bits per heavy atom. The smallest absolute Gasteiger partial charge is 0.223 e. The number of aryl methyl sites for hydroxylation is 1. The van der Waals surface area contributed by atoms with Crippen LogP contribution in [0.15, 0.2) is 18.2 Å². The molecule has 0 N–H and O–H groups in total. The van der Waals surface area contributed by atoms with E-state index in [-0.39, 0.29) is 40.7 Å². The van der Waals surface area contributed by atoms with E-state index in [2.05, 4.69) is 19.1 Å². The molecule has 1 saturated carbocycles.